The van der Waals surface area contributed by atoms with Crippen molar-refractivity contribution in [3.05, 3.63) is 0 Å². The van der Waals surface area contributed by atoms with Crippen molar-refractivity contribution >= 4 is 17.2 Å². The molecule has 0 rings (SSSR count). The smallest absolute Gasteiger partial charge is 0.0768 e. The summed E-state index contributed by atoms with van der Waals surface area (Å²) in [5, 5.41) is 0. The second-order valence-corrected chi connectivity index (χ2v) is 4.92. The Morgan fingerprint density at radius 3 is 2.33 bits per heavy atom. The zero-order chi connectivity index (χ0) is 11.8. The average molecular weight is 232 g/mol. The van der Waals surface area contributed by atoms with Gasteiger partial charge in [0.15, 0.2) is 0 Å². The molecule has 0 aromatic heterocycles. The van der Waals surface area contributed by atoms with Crippen LogP contribution in [0, 0.1) is 11.8 Å². The molecule has 0 bridgehead atoms. The summed E-state index contributed by atoms with van der Waals surface area (Å²) in [6.07, 6.45) is 0. The standard InChI is InChI=1S/C11H24N2OS/c1-9(2)7-13(5-6-14-4)8-10(3)11(12)15/h9-10H,5-8H2,1-4H3,(H2,12,15). The summed E-state index contributed by atoms with van der Waals surface area (Å²) >= 11 is 4.98. The van der Waals surface area contributed by atoms with E-state index in [1.165, 1.54) is 0 Å². The lowest BCUT2D eigenvalue weighted by Gasteiger charge is -2.26. The molecule has 1 unspecified atom stereocenters. The number of rotatable bonds is 8. The molecule has 0 saturated carbocycles. The highest BCUT2D eigenvalue weighted by atomic mass is 32.1. The Hall–Kier alpha value is -0.190. The van der Waals surface area contributed by atoms with Crippen molar-refractivity contribution in [2.75, 3.05) is 33.4 Å². The van der Waals surface area contributed by atoms with Gasteiger partial charge in [0.05, 0.1) is 11.6 Å². The number of methoxy groups -OCH3 is 1. The Morgan fingerprint density at radius 1 is 1.33 bits per heavy atom. The average Bonchev–Trinajstić information content (AvgIpc) is 2.13. The summed E-state index contributed by atoms with van der Waals surface area (Å²) in [6, 6.07) is 0. The van der Waals surface area contributed by atoms with Crippen LogP contribution in [-0.4, -0.2) is 43.2 Å². The lowest BCUT2D eigenvalue weighted by atomic mass is 10.1. The molecule has 90 valence electrons. The van der Waals surface area contributed by atoms with Crippen molar-refractivity contribution < 1.29 is 4.74 Å². The third-order valence-corrected chi connectivity index (χ3v) is 2.66. The molecular weight excluding hydrogens is 208 g/mol. The van der Waals surface area contributed by atoms with Crippen LogP contribution in [0.1, 0.15) is 20.8 Å². The molecule has 4 heteroatoms. The minimum atomic E-state index is 0.274. The lowest BCUT2D eigenvalue weighted by Crippen LogP contribution is -2.38. The molecule has 0 amide bonds. The van der Waals surface area contributed by atoms with Crippen molar-refractivity contribution in [2.45, 2.75) is 20.8 Å². The van der Waals surface area contributed by atoms with Crippen LogP contribution < -0.4 is 5.73 Å². The molecule has 0 aromatic rings. The summed E-state index contributed by atoms with van der Waals surface area (Å²) in [6.45, 7) is 10.2. The van der Waals surface area contributed by atoms with Gasteiger partial charge in [-0.1, -0.05) is 33.0 Å². The zero-order valence-electron chi connectivity index (χ0n) is 10.3. The third-order valence-electron chi connectivity index (χ3n) is 2.25. The maximum atomic E-state index is 5.62. The maximum Gasteiger partial charge on any atom is 0.0768 e. The van der Waals surface area contributed by atoms with E-state index in [-0.39, 0.29) is 5.92 Å². The topological polar surface area (TPSA) is 38.5 Å². The van der Waals surface area contributed by atoms with E-state index in [1.807, 2.05) is 0 Å². The van der Waals surface area contributed by atoms with Gasteiger partial charge in [-0.3, -0.25) is 0 Å². The van der Waals surface area contributed by atoms with Crippen LogP contribution in [0.4, 0.5) is 0 Å². The van der Waals surface area contributed by atoms with Crippen molar-refractivity contribution in [1.82, 2.24) is 4.90 Å². The molecule has 0 aromatic carbocycles. The zero-order valence-corrected chi connectivity index (χ0v) is 11.1. The number of nitrogens with zero attached hydrogens (tertiary/aromatic N) is 1. The first-order chi connectivity index (χ1) is 6.97. The van der Waals surface area contributed by atoms with E-state index in [0.29, 0.717) is 10.9 Å². The second kappa shape index (κ2) is 8.02. The fourth-order valence-electron chi connectivity index (χ4n) is 1.47. The van der Waals surface area contributed by atoms with Crippen LogP contribution in [0.2, 0.25) is 0 Å². The second-order valence-electron chi connectivity index (χ2n) is 4.45. The Balaban J connectivity index is 4.04. The summed E-state index contributed by atoms with van der Waals surface area (Å²) in [7, 11) is 1.73. The highest BCUT2D eigenvalue weighted by Crippen LogP contribution is 2.04. The van der Waals surface area contributed by atoms with Crippen LogP contribution in [0.5, 0.6) is 0 Å². The SMILES string of the molecule is COCCN(CC(C)C)CC(C)C(N)=S. The Morgan fingerprint density at radius 2 is 1.93 bits per heavy atom. The molecule has 3 nitrogen and oxygen atoms in total. The van der Waals surface area contributed by atoms with Crippen LogP contribution in [0.25, 0.3) is 0 Å². The molecule has 0 aliphatic rings. The van der Waals surface area contributed by atoms with E-state index in [9.17, 15) is 0 Å². The first-order valence-corrected chi connectivity index (χ1v) is 5.88. The third kappa shape index (κ3) is 7.71. The molecule has 0 radical (unpaired) electrons. The van der Waals surface area contributed by atoms with Gasteiger partial charge in [0, 0.05) is 32.7 Å². The summed E-state index contributed by atoms with van der Waals surface area (Å²) in [5.41, 5.74) is 5.62. The normalized spacial score (nSPS) is 13.5. The summed E-state index contributed by atoms with van der Waals surface area (Å²) in [5.74, 6) is 0.927. The first kappa shape index (κ1) is 14.8. The summed E-state index contributed by atoms with van der Waals surface area (Å²) < 4.78 is 5.09. The maximum absolute atomic E-state index is 5.62. The van der Waals surface area contributed by atoms with Gasteiger partial charge in [0.2, 0.25) is 0 Å². The highest BCUT2D eigenvalue weighted by Gasteiger charge is 2.13. The summed E-state index contributed by atoms with van der Waals surface area (Å²) in [4.78, 5) is 2.96. The van der Waals surface area contributed by atoms with E-state index in [4.69, 9.17) is 22.7 Å². The van der Waals surface area contributed by atoms with Gasteiger partial charge in [-0.15, -0.1) is 0 Å². The van der Waals surface area contributed by atoms with E-state index in [2.05, 4.69) is 25.7 Å². The molecule has 0 fully saturated rings. The molecular formula is C11H24N2OS. The highest BCUT2D eigenvalue weighted by molar-refractivity contribution is 7.80. The van der Waals surface area contributed by atoms with Crippen LogP contribution in [0.3, 0.4) is 0 Å². The van der Waals surface area contributed by atoms with Gasteiger partial charge in [0.25, 0.3) is 0 Å². The van der Waals surface area contributed by atoms with E-state index in [1.54, 1.807) is 7.11 Å². The lowest BCUT2D eigenvalue weighted by molar-refractivity contribution is 0.136. The van der Waals surface area contributed by atoms with Crippen molar-refractivity contribution in [3.8, 4) is 0 Å². The fourth-order valence-corrected chi connectivity index (χ4v) is 1.55. The molecule has 0 saturated heterocycles. The molecule has 0 spiro atoms. The Bertz CT molecular complexity index is 185. The number of thiocarbonyl (C=S) groups is 1. The van der Waals surface area contributed by atoms with Crippen LogP contribution in [-0.2, 0) is 4.74 Å². The van der Waals surface area contributed by atoms with Gasteiger partial charge in [-0.25, -0.2) is 0 Å². The monoisotopic (exact) mass is 232 g/mol. The minimum Gasteiger partial charge on any atom is -0.393 e. The number of hydrogen-bond acceptors (Lipinski definition) is 3. The van der Waals surface area contributed by atoms with Crippen molar-refractivity contribution in [1.29, 1.82) is 0 Å². The van der Waals surface area contributed by atoms with Crippen LogP contribution >= 0.6 is 12.2 Å². The van der Waals surface area contributed by atoms with Gasteiger partial charge >= 0.3 is 0 Å². The Labute approximate surface area is 99.0 Å². The van der Waals surface area contributed by atoms with Crippen molar-refractivity contribution in [2.24, 2.45) is 17.6 Å². The number of hydrogen-bond donors (Lipinski definition) is 1. The molecule has 1 atom stereocenters. The molecule has 0 aliphatic heterocycles. The predicted molar refractivity (Wildman–Crippen MR) is 69.1 cm³/mol. The first-order valence-electron chi connectivity index (χ1n) is 5.48. The fraction of sp³-hybridized carbons (Fsp3) is 0.909. The predicted octanol–water partition coefficient (Wildman–Crippen LogP) is 1.51. The molecule has 15 heavy (non-hydrogen) atoms. The van der Waals surface area contributed by atoms with E-state index >= 15 is 0 Å². The van der Waals surface area contributed by atoms with Crippen molar-refractivity contribution in [3.63, 3.8) is 0 Å². The van der Waals surface area contributed by atoms with Gasteiger partial charge < -0.3 is 15.4 Å². The quantitative estimate of drug-likeness (QED) is 0.644. The molecule has 2 N–H and O–H groups in total. The van der Waals surface area contributed by atoms with Gasteiger partial charge in [0.1, 0.15) is 0 Å². The minimum absolute atomic E-state index is 0.274. The van der Waals surface area contributed by atoms with Gasteiger partial charge in [-0.2, -0.15) is 0 Å². The van der Waals surface area contributed by atoms with Crippen LogP contribution in [0.15, 0.2) is 0 Å². The Kier molecular flexibility index (Phi) is 7.92. The molecule has 0 aliphatic carbocycles. The number of nitrogens with two attached hydrogens (primary N) is 1. The number of ether oxygens (including phenoxy) is 1. The largest absolute Gasteiger partial charge is 0.393 e. The molecule has 0 heterocycles. The van der Waals surface area contributed by atoms with E-state index in [0.717, 1.165) is 26.2 Å². The van der Waals surface area contributed by atoms with E-state index < -0.39 is 0 Å². The van der Waals surface area contributed by atoms with Gasteiger partial charge in [-0.05, 0) is 5.92 Å².